The molecular formula is C16H21BrN2O2. The maximum atomic E-state index is 10.8. The SMILES string of the molecule is CN(C)CC1CCCN1c1ccc(Br)cc1/C=C/C(=O)O. The van der Waals surface area contributed by atoms with E-state index in [0.717, 1.165) is 28.8 Å². The van der Waals surface area contributed by atoms with Crippen LogP contribution in [0, 0.1) is 0 Å². The van der Waals surface area contributed by atoms with E-state index in [9.17, 15) is 4.79 Å². The molecule has 1 fully saturated rings. The van der Waals surface area contributed by atoms with Gasteiger partial charge in [-0.2, -0.15) is 0 Å². The summed E-state index contributed by atoms with van der Waals surface area (Å²) in [5, 5.41) is 8.85. The van der Waals surface area contributed by atoms with E-state index < -0.39 is 5.97 Å². The Morgan fingerprint density at radius 3 is 2.95 bits per heavy atom. The molecule has 1 aliphatic heterocycles. The summed E-state index contributed by atoms with van der Waals surface area (Å²) in [6, 6.07) is 6.54. The Morgan fingerprint density at radius 1 is 1.52 bits per heavy atom. The third-order valence-electron chi connectivity index (χ3n) is 3.66. The van der Waals surface area contributed by atoms with E-state index >= 15 is 0 Å². The fourth-order valence-corrected chi connectivity index (χ4v) is 3.22. The third kappa shape index (κ3) is 4.32. The van der Waals surface area contributed by atoms with Crippen LogP contribution in [0.1, 0.15) is 18.4 Å². The molecule has 0 aromatic heterocycles. The monoisotopic (exact) mass is 352 g/mol. The molecule has 1 aliphatic rings. The van der Waals surface area contributed by atoms with Gasteiger partial charge in [0.1, 0.15) is 0 Å². The van der Waals surface area contributed by atoms with E-state index in [0.29, 0.717) is 6.04 Å². The molecule has 5 heteroatoms. The first-order chi connectivity index (χ1) is 9.97. The van der Waals surface area contributed by atoms with Crippen molar-refractivity contribution in [3.63, 3.8) is 0 Å². The van der Waals surface area contributed by atoms with E-state index in [1.54, 1.807) is 6.08 Å². The number of nitrogens with zero attached hydrogens (tertiary/aromatic N) is 2. The molecule has 1 heterocycles. The number of halogens is 1. The summed E-state index contributed by atoms with van der Waals surface area (Å²) in [4.78, 5) is 15.4. The Hall–Kier alpha value is -1.33. The first-order valence-corrected chi connectivity index (χ1v) is 7.88. The predicted molar refractivity (Wildman–Crippen MR) is 89.7 cm³/mol. The number of rotatable bonds is 5. The molecule has 1 saturated heterocycles. The van der Waals surface area contributed by atoms with Crippen molar-refractivity contribution in [2.24, 2.45) is 0 Å². The van der Waals surface area contributed by atoms with Gasteiger partial charge in [-0.05, 0) is 56.8 Å². The molecule has 1 unspecified atom stereocenters. The van der Waals surface area contributed by atoms with E-state index in [4.69, 9.17) is 5.11 Å². The molecule has 0 amide bonds. The molecule has 0 spiro atoms. The molecule has 0 bridgehead atoms. The van der Waals surface area contributed by atoms with E-state index in [-0.39, 0.29) is 0 Å². The Bertz CT molecular complexity index is 543. The van der Waals surface area contributed by atoms with Crippen molar-refractivity contribution in [2.75, 3.05) is 32.1 Å². The lowest BCUT2D eigenvalue weighted by Crippen LogP contribution is -2.37. The van der Waals surface area contributed by atoms with Crippen LogP contribution in [-0.4, -0.2) is 49.2 Å². The standard InChI is InChI=1S/C16H21BrN2O2/c1-18(2)11-14-4-3-9-19(14)15-7-6-13(17)10-12(15)5-8-16(20)21/h5-8,10,14H,3-4,9,11H2,1-2H3,(H,20,21)/b8-5+. The number of likely N-dealkylation sites (N-methyl/N-ethyl adjacent to an activating group) is 1. The summed E-state index contributed by atoms with van der Waals surface area (Å²) in [5.74, 6) is -0.924. The Kier molecular flexibility index (Phi) is 5.42. The average molecular weight is 353 g/mol. The van der Waals surface area contributed by atoms with E-state index in [2.05, 4.69) is 45.9 Å². The van der Waals surface area contributed by atoms with Crippen molar-refractivity contribution in [1.82, 2.24) is 4.90 Å². The van der Waals surface area contributed by atoms with Gasteiger partial charge >= 0.3 is 5.97 Å². The highest BCUT2D eigenvalue weighted by Gasteiger charge is 2.26. The van der Waals surface area contributed by atoms with Crippen molar-refractivity contribution in [2.45, 2.75) is 18.9 Å². The lowest BCUT2D eigenvalue weighted by atomic mass is 10.1. The lowest BCUT2D eigenvalue weighted by Gasteiger charge is -2.30. The topological polar surface area (TPSA) is 43.8 Å². The molecule has 1 N–H and O–H groups in total. The number of hydrogen-bond acceptors (Lipinski definition) is 3. The Balaban J connectivity index is 2.31. The van der Waals surface area contributed by atoms with Crippen LogP contribution in [0.4, 0.5) is 5.69 Å². The largest absolute Gasteiger partial charge is 0.478 e. The summed E-state index contributed by atoms with van der Waals surface area (Å²) in [5.41, 5.74) is 2.05. The molecule has 1 aromatic carbocycles. The zero-order chi connectivity index (χ0) is 15.4. The minimum Gasteiger partial charge on any atom is -0.478 e. The number of carboxylic acid groups (broad SMARTS) is 1. The second-order valence-corrected chi connectivity index (χ2v) is 6.54. The lowest BCUT2D eigenvalue weighted by molar-refractivity contribution is -0.131. The second kappa shape index (κ2) is 7.09. The van der Waals surface area contributed by atoms with Crippen molar-refractivity contribution < 1.29 is 9.90 Å². The summed E-state index contributed by atoms with van der Waals surface area (Å²) in [7, 11) is 4.17. The minimum atomic E-state index is -0.924. The van der Waals surface area contributed by atoms with Crippen molar-refractivity contribution in [3.8, 4) is 0 Å². The highest BCUT2D eigenvalue weighted by atomic mass is 79.9. The fraction of sp³-hybridized carbons (Fsp3) is 0.438. The van der Waals surface area contributed by atoms with Crippen LogP contribution in [0.2, 0.25) is 0 Å². The first-order valence-electron chi connectivity index (χ1n) is 7.09. The average Bonchev–Trinajstić information content (AvgIpc) is 2.83. The number of hydrogen-bond donors (Lipinski definition) is 1. The number of carbonyl (C=O) groups is 1. The zero-order valence-electron chi connectivity index (χ0n) is 12.4. The van der Waals surface area contributed by atoms with Crippen LogP contribution >= 0.6 is 15.9 Å². The van der Waals surface area contributed by atoms with Gasteiger partial charge in [-0.1, -0.05) is 15.9 Å². The van der Waals surface area contributed by atoms with Crippen LogP contribution < -0.4 is 4.90 Å². The fourth-order valence-electron chi connectivity index (χ4n) is 2.85. The highest BCUT2D eigenvalue weighted by molar-refractivity contribution is 9.10. The third-order valence-corrected chi connectivity index (χ3v) is 4.15. The second-order valence-electron chi connectivity index (χ2n) is 5.63. The number of benzene rings is 1. The van der Waals surface area contributed by atoms with E-state index in [1.165, 1.54) is 18.9 Å². The van der Waals surface area contributed by atoms with Gasteiger partial charge in [0, 0.05) is 35.4 Å². The maximum Gasteiger partial charge on any atom is 0.328 e. The van der Waals surface area contributed by atoms with Crippen LogP contribution in [0.5, 0.6) is 0 Å². The van der Waals surface area contributed by atoms with Gasteiger partial charge in [0.15, 0.2) is 0 Å². The summed E-state index contributed by atoms with van der Waals surface area (Å²) in [6.45, 7) is 2.03. The molecule has 114 valence electrons. The zero-order valence-corrected chi connectivity index (χ0v) is 14.0. The van der Waals surface area contributed by atoms with Crippen LogP contribution in [0.3, 0.4) is 0 Å². The molecule has 1 aromatic rings. The normalized spacial score (nSPS) is 18.9. The first kappa shape index (κ1) is 16.0. The van der Waals surface area contributed by atoms with Crippen LogP contribution in [0.25, 0.3) is 6.08 Å². The van der Waals surface area contributed by atoms with Gasteiger partial charge in [0.05, 0.1) is 0 Å². The molecule has 1 atom stereocenters. The van der Waals surface area contributed by atoms with Gasteiger partial charge in [0.2, 0.25) is 0 Å². The van der Waals surface area contributed by atoms with E-state index in [1.807, 2.05) is 12.1 Å². The van der Waals surface area contributed by atoms with Gasteiger partial charge < -0.3 is 14.9 Å². The Morgan fingerprint density at radius 2 is 2.29 bits per heavy atom. The molecule has 2 rings (SSSR count). The quantitative estimate of drug-likeness (QED) is 0.827. The van der Waals surface area contributed by atoms with Gasteiger partial charge in [-0.15, -0.1) is 0 Å². The number of aliphatic carboxylic acids is 1. The number of carboxylic acids is 1. The predicted octanol–water partition coefficient (Wildman–Crippen LogP) is 3.08. The van der Waals surface area contributed by atoms with Crippen LogP contribution in [0.15, 0.2) is 28.7 Å². The molecule has 0 aliphatic carbocycles. The van der Waals surface area contributed by atoms with Gasteiger partial charge in [0.25, 0.3) is 0 Å². The van der Waals surface area contributed by atoms with Crippen molar-refractivity contribution in [1.29, 1.82) is 0 Å². The summed E-state index contributed by atoms with van der Waals surface area (Å²) in [6.07, 6.45) is 5.22. The molecule has 4 nitrogen and oxygen atoms in total. The molecular weight excluding hydrogens is 332 g/mol. The molecule has 21 heavy (non-hydrogen) atoms. The number of anilines is 1. The molecule has 0 radical (unpaired) electrons. The smallest absolute Gasteiger partial charge is 0.328 e. The minimum absolute atomic E-state index is 0.484. The Labute approximate surface area is 134 Å². The maximum absolute atomic E-state index is 10.8. The highest BCUT2D eigenvalue weighted by Crippen LogP contribution is 2.31. The summed E-state index contributed by atoms with van der Waals surface area (Å²) < 4.78 is 0.958. The molecule has 0 saturated carbocycles. The van der Waals surface area contributed by atoms with Crippen molar-refractivity contribution >= 4 is 33.7 Å². The summed E-state index contributed by atoms with van der Waals surface area (Å²) >= 11 is 3.46. The van der Waals surface area contributed by atoms with Crippen LogP contribution in [-0.2, 0) is 4.79 Å². The van der Waals surface area contributed by atoms with Gasteiger partial charge in [-0.25, -0.2) is 4.79 Å². The van der Waals surface area contributed by atoms with Gasteiger partial charge in [-0.3, -0.25) is 0 Å². The van der Waals surface area contributed by atoms with Crippen molar-refractivity contribution in [3.05, 3.63) is 34.3 Å².